The molecule has 0 N–H and O–H groups in total. The summed E-state index contributed by atoms with van der Waals surface area (Å²) in [5.74, 6) is 0.326. The lowest BCUT2D eigenvalue weighted by atomic mass is 10.1. The number of hydrogen-bond acceptors (Lipinski definition) is 5. The second kappa shape index (κ2) is 6.95. The SMILES string of the molecule is C[C@H](OC(=O)c1ccc2c(c1)OCCO2)C(=O)N1c2ccccc2C[C@@H]1C. The molecule has 2 aromatic rings. The van der Waals surface area contributed by atoms with E-state index in [-0.39, 0.29) is 11.9 Å². The van der Waals surface area contributed by atoms with Crippen molar-refractivity contribution in [2.24, 2.45) is 0 Å². The molecule has 27 heavy (non-hydrogen) atoms. The van der Waals surface area contributed by atoms with Crippen molar-refractivity contribution in [2.75, 3.05) is 18.1 Å². The first-order valence-electron chi connectivity index (χ1n) is 9.06. The van der Waals surface area contributed by atoms with E-state index in [1.54, 1.807) is 30.0 Å². The van der Waals surface area contributed by atoms with E-state index in [1.807, 2.05) is 31.2 Å². The van der Waals surface area contributed by atoms with Gasteiger partial charge in [0.1, 0.15) is 13.2 Å². The van der Waals surface area contributed by atoms with Crippen molar-refractivity contribution in [1.29, 1.82) is 0 Å². The highest BCUT2D eigenvalue weighted by molar-refractivity contribution is 6.01. The van der Waals surface area contributed by atoms with E-state index in [2.05, 4.69) is 0 Å². The highest BCUT2D eigenvalue weighted by Crippen LogP contribution is 2.33. The smallest absolute Gasteiger partial charge is 0.339 e. The summed E-state index contributed by atoms with van der Waals surface area (Å²) in [7, 11) is 0. The first-order chi connectivity index (χ1) is 13.0. The van der Waals surface area contributed by atoms with Gasteiger partial charge >= 0.3 is 5.97 Å². The number of fused-ring (bicyclic) bond motifs is 2. The number of para-hydroxylation sites is 1. The van der Waals surface area contributed by atoms with Crippen LogP contribution in [0.4, 0.5) is 5.69 Å². The molecule has 6 heteroatoms. The van der Waals surface area contributed by atoms with Crippen LogP contribution in [-0.4, -0.2) is 37.2 Å². The first-order valence-corrected chi connectivity index (χ1v) is 9.06. The first kappa shape index (κ1) is 17.4. The van der Waals surface area contributed by atoms with E-state index in [4.69, 9.17) is 14.2 Å². The minimum absolute atomic E-state index is 0.0327. The molecule has 4 rings (SSSR count). The van der Waals surface area contributed by atoms with Crippen molar-refractivity contribution in [2.45, 2.75) is 32.4 Å². The molecule has 2 aliphatic heterocycles. The molecule has 1 amide bonds. The molecule has 2 aliphatic rings. The molecule has 0 saturated heterocycles. The third kappa shape index (κ3) is 3.23. The number of amides is 1. The van der Waals surface area contributed by atoms with E-state index in [1.165, 1.54) is 0 Å². The average Bonchev–Trinajstić information content (AvgIpc) is 3.02. The Labute approximate surface area is 157 Å². The number of nitrogens with zero attached hydrogens (tertiary/aromatic N) is 1. The molecule has 2 atom stereocenters. The van der Waals surface area contributed by atoms with Gasteiger partial charge in [0.25, 0.3) is 5.91 Å². The number of carbonyl (C=O) groups excluding carboxylic acids is 2. The maximum atomic E-state index is 12.9. The number of rotatable bonds is 3. The second-order valence-electron chi connectivity index (χ2n) is 6.80. The van der Waals surface area contributed by atoms with E-state index < -0.39 is 12.1 Å². The maximum Gasteiger partial charge on any atom is 0.339 e. The number of anilines is 1. The van der Waals surface area contributed by atoms with Crippen LogP contribution in [-0.2, 0) is 16.0 Å². The van der Waals surface area contributed by atoms with Gasteiger partial charge in [-0.15, -0.1) is 0 Å². The monoisotopic (exact) mass is 367 g/mol. The third-order valence-electron chi connectivity index (χ3n) is 4.85. The highest BCUT2D eigenvalue weighted by atomic mass is 16.6. The summed E-state index contributed by atoms with van der Waals surface area (Å²) >= 11 is 0. The van der Waals surface area contributed by atoms with E-state index in [9.17, 15) is 9.59 Å². The Hall–Kier alpha value is -3.02. The molecule has 0 bridgehead atoms. The van der Waals surface area contributed by atoms with Gasteiger partial charge in [-0.05, 0) is 50.1 Å². The quantitative estimate of drug-likeness (QED) is 0.781. The molecule has 2 aromatic carbocycles. The summed E-state index contributed by atoms with van der Waals surface area (Å²) in [5, 5.41) is 0. The van der Waals surface area contributed by atoms with Gasteiger partial charge in [0.15, 0.2) is 17.6 Å². The Morgan fingerprint density at radius 2 is 1.85 bits per heavy atom. The lowest BCUT2D eigenvalue weighted by molar-refractivity contribution is -0.126. The minimum atomic E-state index is -0.890. The summed E-state index contributed by atoms with van der Waals surface area (Å²) in [5.41, 5.74) is 2.34. The molecule has 6 nitrogen and oxygen atoms in total. The lowest BCUT2D eigenvalue weighted by Crippen LogP contribution is -2.43. The molecule has 0 saturated carbocycles. The summed E-state index contributed by atoms with van der Waals surface area (Å²) < 4.78 is 16.4. The van der Waals surface area contributed by atoms with Gasteiger partial charge in [-0.25, -0.2) is 4.79 Å². The standard InChI is InChI=1S/C21H21NO5/c1-13-11-15-5-3-4-6-17(15)22(13)20(23)14(2)27-21(24)16-7-8-18-19(12-16)26-10-9-25-18/h3-8,12-14H,9-11H2,1-2H3/t13-,14-/m0/s1. The van der Waals surface area contributed by atoms with Crippen molar-refractivity contribution in [3.05, 3.63) is 53.6 Å². The van der Waals surface area contributed by atoms with E-state index >= 15 is 0 Å². The number of esters is 1. The average molecular weight is 367 g/mol. The van der Waals surface area contributed by atoms with Gasteiger partial charge in [-0.3, -0.25) is 4.79 Å². The number of hydrogen-bond donors (Lipinski definition) is 0. The maximum absolute atomic E-state index is 12.9. The third-order valence-corrected chi connectivity index (χ3v) is 4.85. The van der Waals surface area contributed by atoms with Crippen LogP contribution < -0.4 is 14.4 Å². The van der Waals surface area contributed by atoms with E-state index in [0.29, 0.717) is 30.3 Å². The molecular formula is C21H21NO5. The van der Waals surface area contributed by atoms with Crippen LogP contribution in [0.25, 0.3) is 0 Å². The Morgan fingerprint density at radius 1 is 1.11 bits per heavy atom. The van der Waals surface area contributed by atoms with Crippen LogP contribution in [0.3, 0.4) is 0 Å². The minimum Gasteiger partial charge on any atom is -0.486 e. The number of ether oxygens (including phenoxy) is 3. The molecule has 2 heterocycles. The molecule has 0 unspecified atom stereocenters. The summed E-state index contributed by atoms with van der Waals surface area (Å²) in [6, 6.07) is 12.7. The number of carbonyl (C=O) groups is 2. The van der Waals surface area contributed by atoms with Crippen molar-refractivity contribution >= 4 is 17.6 Å². The summed E-state index contributed by atoms with van der Waals surface area (Å²) in [6.45, 7) is 4.52. The van der Waals surface area contributed by atoms with Gasteiger partial charge < -0.3 is 19.1 Å². The van der Waals surface area contributed by atoms with Crippen LogP contribution in [0, 0.1) is 0 Å². The van der Waals surface area contributed by atoms with Crippen LogP contribution in [0.5, 0.6) is 11.5 Å². The van der Waals surface area contributed by atoms with Gasteiger partial charge in [0.05, 0.1) is 5.56 Å². The Balaban J connectivity index is 1.48. The van der Waals surface area contributed by atoms with Crippen LogP contribution in [0.15, 0.2) is 42.5 Å². The topological polar surface area (TPSA) is 65.1 Å². The van der Waals surface area contributed by atoms with Crippen LogP contribution >= 0.6 is 0 Å². The largest absolute Gasteiger partial charge is 0.486 e. The molecule has 0 radical (unpaired) electrons. The van der Waals surface area contributed by atoms with Crippen molar-refractivity contribution in [3.8, 4) is 11.5 Å². The molecule has 0 aliphatic carbocycles. The Morgan fingerprint density at radius 3 is 2.67 bits per heavy atom. The predicted octanol–water partition coefficient (Wildman–Crippen LogP) is 2.98. The van der Waals surface area contributed by atoms with Gasteiger partial charge in [-0.1, -0.05) is 18.2 Å². The van der Waals surface area contributed by atoms with E-state index in [0.717, 1.165) is 17.7 Å². The molecular weight excluding hydrogens is 346 g/mol. The number of benzene rings is 2. The highest BCUT2D eigenvalue weighted by Gasteiger charge is 2.34. The van der Waals surface area contributed by atoms with Gasteiger partial charge in [0, 0.05) is 11.7 Å². The van der Waals surface area contributed by atoms with Crippen molar-refractivity contribution < 1.29 is 23.8 Å². The molecule has 0 spiro atoms. The summed E-state index contributed by atoms with van der Waals surface area (Å²) in [6.07, 6.45) is -0.0932. The lowest BCUT2D eigenvalue weighted by Gasteiger charge is -2.26. The fourth-order valence-corrected chi connectivity index (χ4v) is 3.55. The normalized spacial score (nSPS) is 18.6. The zero-order chi connectivity index (χ0) is 19.0. The fraction of sp³-hybridized carbons (Fsp3) is 0.333. The Kier molecular flexibility index (Phi) is 4.48. The second-order valence-corrected chi connectivity index (χ2v) is 6.80. The fourth-order valence-electron chi connectivity index (χ4n) is 3.55. The van der Waals surface area contributed by atoms with Crippen LogP contribution in [0.2, 0.25) is 0 Å². The molecule has 0 aromatic heterocycles. The predicted molar refractivity (Wildman–Crippen MR) is 99.4 cm³/mol. The van der Waals surface area contributed by atoms with Gasteiger partial charge in [0.2, 0.25) is 0 Å². The molecule has 140 valence electrons. The van der Waals surface area contributed by atoms with Crippen LogP contribution in [0.1, 0.15) is 29.8 Å². The van der Waals surface area contributed by atoms with Crippen molar-refractivity contribution in [3.63, 3.8) is 0 Å². The Bertz CT molecular complexity index is 894. The summed E-state index contributed by atoms with van der Waals surface area (Å²) in [4.78, 5) is 27.1. The molecule has 0 fully saturated rings. The van der Waals surface area contributed by atoms with Crippen molar-refractivity contribution in [1.82, 2.24) is 0 Å². The zero-order valence-electron chi connectivity index (χ0n) is 15.3. The zero-order valence-corrected chi connectivity index (χ0v) is 15.3. The van der Waals surface area contributed by atoms with Gasteiger partial charge in [-0.2, -0.15) is 0 Å².